The highest BCUT2D eigenvalue weighted by molar-refractivity contribution is 6.02. The van der Waals surface area contributed by atoms with E-state index in [1.165, 1.54) is 11.8 Å². The molecule has 0 aliphatic carbocycles. The minimum Gasteiger partial charge on any atom is -0.378 e. The molecule has 1 fully saturated rings. The summed E-state index contributed by atoms with van der Waals surface area (Å²) < 4.78 is 10.4. The molecule has 1 aliphatic heterocycles. The van der Waals surface area contributed by atoms with Crippen LogP contribution in [-0.4, -0.2) is 60.9 Å². The summed E-state index contributed by atoms with van der Waals surface area (Å²) >= 11 is 0. The highest BCUT2D eigenvalue weighted by atomic mass is 16.5. The van der Waals surface area contributed by atoms with E-state index in [-0.39, 0.29) is 17.5 Å². The first-order chi connectivity index (χ1) is 14.7. The molecule has 0 unspecified atom stereocenters. The van der Waals surface area contributed by atoms with Gasteiger partial charge in [0.15, 0.2) is 0 Å². The van der Waals surface area contributed by atoms with E-state index in [2.05, 4.69) is 32.5 Å². The van der Waals surface area contributed by atoms with Gasteiger partial charge in [0, 0.05) is 38.8 Å². The molecule has 1 saturated heterocycles. The second-order valence-electron chi connectivity index (χ2n) is 7.00. The van der Waals surface area contributed by atoms with Gasteiger partial charge in [-0.1, -0.05) is 35.5 Å². The van der Waals surface area contributed by atoms with Crippen molar-refractivity contribution in [3.63, 3.8) is 0 Å². The molecule has 1 aliphatic rings. The highest BCUT2D eigenvalue weighted by Gasteiger charge is 2.20. The fraction of sp³-hybridized carbons (Fsp3) is 0.333. The van der Waals surface area contributed by atoms with Crippen molar-refractivity contribution in [1.29, 1.82) is 0 Å². The van der Waals surface area contributed by atoms with Crippen molar-refractivity contribution in [2.45, 2.75) is 6.42 Å². The van der Waals surface area contributed by atoms with Gasteiger partial charge < -0.3 is 19.1 Å². The van der Waals surface area contributed by atoms with Crippen LogP contribution in [0.1, 0.15) is 16.1 Å². The van der Waals surface area contributed by atoms with Gasteiger partial charge in [0.1, 0.15) is 11.5 Å². The number of hydrogen-bond donors (Lipinski definition) is 1. The van der Waals surface area contributed by atoms with E-state index in [1.54, 1.807) is 12.1 Å². The Morgan fingerprint density at radius 1 is 1.17 bits per heavy atom. The van der Waals surface area contributed by atoms with E-state index in [0.29, 0.717) is 38.1 Å². The summed E-state index contributed by atoms with van der Waals surface area (Å²) in [5.74, 6) is 1.10. The Balaban J connectivity index is 1.56. The van der Waals surface area contributed by atoms with E-state index >= 15 is 0 Å². The van der Waals surface area contributed by atoms with E-state index in [0.717, 1.165) is 13.0 Å². The van der Waals surface area contributed by atoms with Crippen LogP contribution in [0.2, 0.25) is 0 Å². The van der Waals surface area contributed by atoms with Crippen LogP contribution >= 0.6 is 0 Å². The van der Waals surface area contributed by atoms with Crippen LogP contribution in [0, 0.1) is 0 Å². The van der Waals surface area contributed by atoms with Gasteiger partial charge in [-0.2, -0.15) is 4.98 Å². The minimum absolute atomic E-state index is 0.268. The second-order valence-corrected chi connectivity index (χ2v) is 7.00. The number of aromatic nitrogens is 3. The zero-order chi connectivity index (χ0) is 20.8. The van der Waals surface area contributed by atoms with Gasteiger partial charge >= 0.3 is 0 Å². The van der Waals surface area contributed by atoms with Crippen LogP contribution in [-0.2, 0) is 11.2 Å². The van der Waals surface area contributed by atoms with Crippen molar-refractivity contribution in [1.82, 2.24) is 15.1 Å². The molecule has 156 valence electrons. The van der Waals surface area contributed by atoms with Gasteiger partial charge in [-0.25, -0.2) is 4.98 Å². The molecule has 9 heteroatoms. The number of amides is 1. The SMILES string of the molecule is CN(CCc1ccccc1)c1nc(C(=O)Nc2ccno2)cc(N2CCOCC2)n1. The molecule has 9 nitrogen and oxygen atoms in total. The highest BCUT2D eigenvalue weighted by Crippen LogP contribution is 2.20. The Hall–Kier alpha value is -3.46. The summed E-state index contributed by atoms with van der Waals surface area (Å²) in [6.07, 6.45) is 2.32. The number of anilines is 3. The van der Waals surface area contributed by atoms with Gasteiger partial charge in [0.05, 0.1) is 19.4 Å². The number of carbonyl (C=O) groups excluding carboxylic acids is 1. The van der Waals surface area contributed by atoms with Crippen molar-refractivity contribution in [3.05, 3.63) is 59.9 Å². The van der Waals surface area contributed by atoms with Crippen molar-refractivity contribution in [2.75, 3.05) is 55.0 Å². The molecule has 4 rings (SSSR count). The van der Waals surface area contributed by atoms with Crippen LogP contribution in [0.15, 0.2) is 53.2 Å². The first kappa shape index (κ1) is 19.8. The predicted octanol–water partition coefficient (Wildman–Crippen LogP) is 2.23. The Morgan fingerprint density at radius 3 is 2.70 bits per heavy atom. The van der Waals surface area contributed by atoms with Crippen molar-refractivity contribution in [3.8, 4) is 0 Å². The molecule has 1 amide bonds. The Bertz CT molecular complexity index is 958. The molecule has 0 radical (unpaired) electrons. The molecule has 0 atom stereocenters. The van der Waals surface area contributed by atoms with Gasteiger partial charge in [0.25, 0.3) is 5.91 Å². The van der Waals surface area contributed by atoms with Crippen LogP contribution in [0.4, 0.5) is 17.7 Å². The average Bonchev–Trinajstić information content (AvgIpc) is 3.31. The fourth-order valence-electron chi connectivity index (χ4n) is 3.16. The van der Waals surface area contributed by atoms with E-state index in [4.69, 9.17) is 14.2 Å². The number of nitrogens with zero attached hydrogens (tertiary/aromatic N) is 5. The lowest BCUT2D eigenvalue weighted by Gasteiger charge is -2.29. The molecular weight excluding hydrogens is 384 g/mol. The summed E-state index contributed by atoms with van der Waals surface area (Å²) in [7, 11) is 1.93. The van der Waals surface area contributed by atoms with Gasteiger partial charge in [-0.05, 0) is 12.0 Å². The predicted molar refractivity (Wildman–Crippen MR) is 113 cm³/mol. The van der Waals surface area contributed by atoms with Crippen molar-refractivity contribution >= 4 is 23.6 Å². The lowest BCUT2D eigenvalue weighted by Crippen LogP contribution is -2.37. The number of ether oxygens (including phenoxy) is 1. The van der Waals surface area contributed by atoms with E-state index in [9.17, 15) is 4.79 Å². The first-order valence-corrected chi connectivity index (χ1v) is 9.88. The zero-order valence-electron chi connectivity index (χ0n) is 16.8. The lowest BCUT2D eigenvalue weighted by molar-refractivity contribution is 0.101. The zero-order valence-corrected chi connectivity index (χ0v) is 16.8. The van der Waals surface area contributed by atoms with Gasteiger partial charge in [-0.3, -0.25) is 10.1 Å². The summed E-state index contributed by atoms with van der Waals surface area (Å²) in [5, 5.41) is 6.28. The molecule has 1 aromatic carbocycles. The topological polar surface area (TPSA) is 96.6 Å². The lowest BCUT2D eigenvalue weighted by atomic mass is 10.1. The van der Waals surface area contributed by atoms with Crippen LogP contribution in [0.25, 0.3) is 0 Å². The maximum atomic E-state index is 12.8. The number of carbonyl (C=O) groups is 1. The minimum atomic E-state index is -0.374. The fourth-order valence-corrected chi connectivity index (χ4v) is 3.16. The first-order valence-electron chi connectivity index (χ1n) is 9.88. The normalized spacial score (nSPS) is 13.8. The smallest absolute Gasteiger partial charge is 0.276 e. The van der Waals surface area contributed by atoms with E-state index < -0.39 is 0 Å². The second kappa shape index (κ2) is 9.36. The largest absolute Gasteiger partial charge is 0.378 e. The number of hydrogen-bond acceptors (Lipinski definition) is 8. The summed E-state index contributed by atoms with van der Waals surface area (Å²) in [4.78, 5) is 26.0. The van der Waals surface area contributed by atoms with Gasteiger partial charge in [-0.15, -0.1) is 0 Å². The third-order valence-corrected chi connectivity index (χ3v) is 4.86. The molecule has 0 spiro atoms. The standard InChI is InChI=1S/C21H24N6O3/c1-26(10-8-16-5-3-2-4-6-16)21-23-17(20(28)25-19-7-9-22-30-19)15-18(24-21)27-11-13-29-14-12-27/h2-7,9,15H,8,10-14H2,1H3,(H,25,28). The number of nitrogens with one attached hydrogen (secondary N) is 1. The third-order valence-electron chi connectivity index (χ3n) is 4.86. The molecule has 0 bridgehead atoms. The number of morpholine rings is 1. The van der Waals surface area contributed by atoms with Crippen LogP contribution in [0.5, 0.6) is 0 Å². The molecule has 2 aromatic heterocycles. The van der Waals surface area contributed by atoms with Crippen LogP contribution < -0.4 is 15.1 Å². The summed E-state index contributed by atoms with van der Waals surface area (Å²) in [6.45, 7) is 3.41. The monoisotopic (exact) mass is 408 g/mol. The molecule has 3 heterocycles. The molecular formula is C21H24N6O3. The molecule has 0 saturated carbocycles. The van der Waals surface area contributed by atoms with Crippen molar-refractivity contribution < 1.29 is 14.1 Å². The molecule has 30 heavy (non-hydrogen) atoms. The quantitative estimate of drug-likeness (QED) is 0.636. The third kappa shape index (κ3) is 4.93. The molecule has 3 aromatic rings. The van der Waals surface area contributed by atoms with Crippen molar-refractivity contribution in [2.24, 2.45) is 0 Å². The van der Waals surface area contributed by atoms with Crippen LogP contribution in [0.3, 0.4) is 0 Å². The summed E-state index contributed by atoms with van der Waals surface area (Å²) in [5.41, 5.74) is 1.50. The number of benzene rings is 1. The molecule has 1 N–H and O–H groups in total. The summed E-state index contributed by atoms with van der Waals surface area (Å²) in [6, 6.07) is 13.5. The number of rotatable bonds is 7. The Morgan fingerprint density at radius 2 is 1.97 bits per heavy atom. The number of likely N-dealkylation sites (N-methyl/N-ethyl adjacent to an activating group) is 1. The Labute approximate surface area is 174 Å². The maximum Gasteiger partial charge on any atom is 0.276 e. The van der Waals surface area contributed by atoms with Gasteiger partial charge in [0.2, 0.25) is 11.8 Å². The Kier molecular flexibility index (Phi) is 6.19. The average molecular weight is 408 g/mol. The van der Waals surface area contributed by atoms with E-state index in [1.807, 2.05) is 30.1 Å². The maximum absolute atomic E-state index is 12.8.